The molecule has 2 heterocycles. The van der Waals surface area contributed by atoms with Gasteiger partial charge in [-0.15, -0.1) is 0 Å². The summed E-state index contributed by atoms with van der Waals surface area (Å²) < 4.78 is 49.8. The van der Waals surface area contributed by atoms with E-state index in [-0.39, 0.29) is 19.6 Å². The van der Waals surface area contributed by atoms with Crippen molar-refractivity contribution in [3.05, 3.63) is 30.0 Å². The van der Waals surface area contributed by atoms with Crippen LogP contribution in [0.1, 0.15) is 5.76 Å². The fraction of sp³-hybridized carbons (Fsp3) is 0.438. The van der Waals surface area contributed by atoms with Crippen LogP contribution in [0.15, 0.2) is 28.7 Å². The lowest BCUT2D eigenvalue weighted by Crippen LogP contribution is -2.33. The van der Waals surface area contributed by atoms with Gasteiger partial charge in [0.15, 0.2) is 0 Å². The van der Waals surface area contributed by atoms with Gasteiger partial charge in [-0.25, -0.2) is 0 Å². The average Bonchev–Trinajstić information content (AvgIpc) is 3.09. The van der Waals surface area contributed by atoms with E-state index >= 15 is 0 Å². The molecule has 130 valence electrons. The van der Waals surface area contributed by atoms with Crippen molar-refractivity contribution in [2.24, 2.45) is 11.8 Å². The molecule has 0 spiro atoms. The van der Waals surface area contributed by atoms with Gasteiger partial charge >= 0.3 is 12.1 Å². The molecule has 3 rings (SSSR count). The minimum atomic E-state index is -4.53. The average molecular weight is 343 g/mol. The number of carbonyl (C=O) groups is 1. The molecule has 1 aliphatic heterocycles. The first-order chi connectivity index (χ1) is 11.3. The third kappa shape index (κ3) is 3.19. The summed E-state index contributed by atoms with van der Waals surface area (Å²) >= 11 is 0. The molecule has 0 amide bonds. The van der Waals surface area contributed by atoms with Crippen molar-refractivity contribution in [1.29, 1.82) is 0 Å². The van der Waals surface area contributed by atoms with Crippen LogP contribution >= 0.6 is 0 Å². The molecule has 0 saturated carbocycles. The van der Waals surface area contributed by atoms with Gasteiger partial charge in [-0.2, -0.15) is 13.2 Å². The molecule has 0 bridgehead atoms. The van der Waals surface area contributed by atoms with E-state index in [4.69, 9.17) is 14.3 Å². The molecule has 24 heavy (non-hydrogen) atoms. The minimum absolute atomic E-state index is 0.132. The lowest BCUT2D eigenvalue weighted by Gasteiger charge is -2.18. The van der Waals surface area contributed by atoms with Crippen molar-refractivity contribution in [2.45, 2.75) is 12.7 Å². The Hall–Kier alpha value is -2.22. The maximum Gasteiger partial charge on any atom is 0.393 e. The molecule has 1 aromatic carbocycles. The Balaban J connectivity index is 1.77. The summed E-state index contributed by atoms with van der Waals surface area (Å²) in [5, 5.41) is 9.82. The van der Waals surface area contributed by atoms with Crippen molar-refractivity contribution in [3.8, 4) is 5.75 Å². The molecule has 0 aliphatic carbocycles. The van der Waals surface area contributed by atoms with Gasteiger partial charge < -0.3 is 14.3 Å². The number of carboxylic acids is 1. The molecular weight excluding hydrogens is 327 g/mol. The highest BCUT2D eigenvalue weighted by Crippen LogP contribution is 2.38. The second kappa shape index (κ2) is 6.01. The zero-order valence-electron chi connectivity index (χ0n) is 12.8. The number of alkyl halides is 3. The van der Waals surface area contributed by atoms with Crippen molar-refractivity contribution in [2.75, 3.05) is 20.2 Å². The van der Waals surface area contributed by atoms with E-state index in [9.17, 15) is 18.0 Å². The predicted molar refractivity (Wildman–Crippen MR) is 78.7 cm³/mol. The van der Waals surface area contributed by atoms with Crippen LogP contribution in [0.4, 0.5) is 13.2 Å². The van der Waals surface area contributed by atoms with Gasteiger partial charge in [0.2, 0.25) is 0 Å². The number of rotatable bonds is 4. The molecule has 1 aliphatic rings. The summed E-state index contributed by atoms with van der Waals surface area (Å²) in [6, 6.07) is 6.95. The van der Waals surface area contributed by atoms with Crippen LogP contribution in [0.5, 0.6) is 5.75 Å². The summed E-state index contributed by atoms with van der Waals surface area (Å²) in [6.07, 6.45) is -4.53. The Morgan fingerprint density at radius 2 is 2.12 bits per heavy atom. The maximum atomic E-state index is 13.0. The van der Waals surface area contributed by atoms with Crippen LogP contribution in [-0.4, -0.2) is 42.4 Å². The van der Waals surface area contributed by atoms with Crippen molar-refractivity contribution in [3.63, 3.8) is 0 Å². The van der Waals surface area contributed by atoms with E-state index in [1.165, 1.54) is 12.0 Å². The Kier molecular flexibility index (Phi) is 4.16. The first-order valence-electron chi connectivity index (χ1n) is 7.36. The number of methoxy groups -OCH3 is 1. The molecule has 1 N–H and O–H groups in total. The number of hydrogen-bond acceptors (Lipinski definition) is 4. The first kappa shape index (κ1) is 16.6. The summed E-state index contributed by atoms with van der Waals surface area (Å²) in [5.41, 5.74) is 0.604. The van der Waals surface area contributed by atoms with Gasteiger partial charge in [-0.05, 0) is 24.3 Å². The highest BCUT2D eigenvalue weighted by atomic mass is 19.4. The lowest BCUT2D eigenvalue weighted by atomic mass is 9.96. The largest absolute Gasteiger partial charge is 0.497 e. The molecular formula is C16H16F3NO4. The van der Waals surface area contributed by atoms with Gasteiger partial charge in [0, 0.05) is 18.5 Å². The molecule has 0 radical (unpaired) electrons. The summed E-state index contributed by atoms with van der Waals surface area (Å²) in [7, 11) is 1.54. The topological polar surface area (TPSA) is 62.9 Å². The molecule has 2 aromatic rings. The van der Waals surface area contributed by atoms with E-state index in [2.05, 4.69) is 0 Å². The number of likely N-dealkylation sites (tertiary alicyclic amines) is 1. The second-order valence-corrected chi connectivity index (χ2v) is 5.90. The van der Waals surface area contributed by atoms with Crippen LogP contribution in [0.25, 0.3) is 11.0 Å². The normalized spacial score (nSPS) is 22.2. The Morgan fingerprint density at radius 1 is 1.38 bits per heavy atom. The predicted octanol–water partition coefficient (Wildman–Crippen LogP) is 3.14. The molecule has 1 aromatic heterocycles. The zero-order chi connectivity index (χ0) is 17.5. The van der Waals surface area contributed by atoms with E-state index < -0.39 is 24.0 Å². The number of fused-ring (bicyclic) bond motifs is 1. The van der Waals surface area contributed by atoms with Crippen molar-refractivity contribution in [1.82, 2.24) is 4.90 Å². The minimum Gasteiger partial charge on any atom is -0.497 e. The third-order valence-electron chi connectivity index (χ3n) is 4.29. The number of benzene rings is 1. The smallest absolute Gasteiger partial charge is 0.393 e. The van der Waals surface area contributed by atoms with E-state index in [1.807, 2.05) is 0 Å². The van der Waals surface area contributed by atoms with Gasteiger partial charge in [-0.1, -0.05) is 0 Å². The number of nitrogens with zero attached hydrogens (tertiary/aromatic N) is 1. The molecule has 5 nitrogen and oxygen atoms in total. The van der Waals surface area contributed by atoms with Crippen LogP contribution in [0.3, 0.4) is 0 Å². The summed E-state index contributed by atoms with van der Waals surface area (Å²) in [6.45, 7) is -0.367. The number of halogens is 3. The number of hydrogen-bond donors (Lipinski definition) is 1. The Labute approximate surface area is 135 Å². The number of aliphatic carboxylic acids is 1. The number of furan rings is 1. The van der Waals surface area contributed by atoms with E-state index in [1.54, 1.807) is 24.3 Å². The number of ether oxygens (including phenoxy) is 1. The summed E-state index contributed by atoms with van der Waals surface area (Å²) in [4.78, 5) is 12.6. The summed E-state index contributed by atoms with van der Waals surface area (Å²) in [5.74, 6) is -3.59. The van der Waals surface area contributed by atoms with Gasteiger partial charge in [0.05, 0.1) is 25.5 Å². The van der Waals surface area contributed by atoms with Crippen molar-refractivity contribution >= 4 is 16.9 Å². The molecule has 0 unspecified atom stereocenters. The van der Waals surface area contributed by atoms with Gasteiger partial charge in [-0.3, -0.25) is 9.69 Å². The highest BCUT2D eigenvalue weighted by Gasteiger charge is 2.52. The van der Waals surface area contributed by atoms with Gasteiger partial charge in [0.25, 0.3) is 0 Å². The van der Waals surface area contributed by atoms with Gasteiger partial charge in [0.1, 0.15) is 17.1 Å². The Bertz CT molecular complexity index is 755. The van der Waals surface area contributed by atoms with Crippen LogP contribution in [0, 0.1) is 11.8 Å². The van der Waals surface area contributed by atoms with E-state index in [0.717, 1.165) is 5.39 Å². The zero-order valence-corrected chi connectivity index (χ0v) is 12.8. The SMILES string of the molecule is COc1ccc2oc(CN3C[C@@H](C(F)(F)F)[C@H](C(=O)O)C3)cc2c1. The number of carboxylic acid groups (broad SMARTS) is 1. The third-order valence-corrected chi connectivity index (χ3v) is 4.29. The fourth-order valence-corrected chi connectivity index (χ4v) is 3.10. The first-order valence-corrected chi connectivity index (χ1v) is 7.36. The van der Waals surface area contributed by atoms with E-state index in [0.29, 0.717) is 17.1 Å². The Morgan fingerprint density at radius 3 is 2.71 bits per heavy atom. The molecule has 1 fully saturated rings. The van der Waals surface area contributed by atoms with Crippen LogP contribution in [0.2, 0.25) is 0 Å². The molecule has 2 atom stereocenters. The van der Waals surface area contributed by atoms with Crippen LogP contribution in [-0.2, 0) is 11.3 Å². The molecule has 8 heteroatoms. The van der Waals surface area contributed by atoms with Crippen molar-refractivity contribution < 1.29 is 32.2 Å². The highest BCUT2D eigenvalue weighted by molar-refractivity contribution is 5.79. The standard InChI is InChI=1S/C16H16F3NO4/c1-23-10-2-3-14-9(4-10)5-11(24-14)6-20-7-12(15(21)22)13(8-20)16(17,18)19/h2-5,12-13H,6-8H2,1H3,(H,21,22)/t12-,13-/m1/s1. The maximum absolute atomic E-state index is 13.0. The second-order valence-electron chi connectivity index (χ2n) is 5.90. The quantitative estimate of drug-likeness (QED) is 0.924. The fourth-order valence-electron chi connectivity index (χ4n) is 3.10. The molecule has 1 saturated heterocycles. The monoisotopic (exact) mass is 343 g/mol. The lowest BCUT2D eigenvalue weighted by molar-refractivity contribution is -0.188. The van der Waals surface area contributed by atoms with Crippen LogP contribution < -0.4 is 4.74 Å².